The highest BCUT2D eigenvalue weighted by Crippen LogP contribution is 2.17. The Morgan fingerprint density at radius 1 is 1.45 bits per heavy atom. The Morgan fingerprint density at radius 3 is 2.73 bits per heavy atom. The predicted molar refractivity (Wildman–Crippen MR) is 42.2 cm³/mol. The summed E-state index contributed by atoms with van der Waals surface area (Å²) in [5.74, 6) is -0.350. The van der Waals surface area contributed by atoms with E-state index in [1.54, 1.807) is 6.07 Å². The minimum atomic E-state index is -0.350. The Kier molecular flexibility index (Phi) is 2.85. The lowest BCUT2D eigenvalue weighted by molar-refractivity contribution is 0.299. The molecule has 1 nitrogen and oxygen atoms in total. The van der Waals surface area contributed by atoms with Crippen molar-refractivity contribution in [3.8, 4) is 0 Å². The van der Waals surface area contributed by atoms with Crippen molar-refractivity contribution in [3.05, 3.63) is 34.6 Å². The molecule has 0 amide bonds. The Hall–Kier alpha value is -0.600. The molecule has 3 heteroatoms. The summed E-state index contributed by atoms with van der Waals surface area (Å²) in [7, 11) is 0. The normalized spacial score (nSPS) is 10.1. The van der Waals surface area contributed by atoms with Gasteiger partial charge in [-0.15, -0.1) is 0 Å². The first kappa shape index (κ1) is 8.50. The molecule has 0 atom stereocenters. The molecule has 0 aliphatic heterocycles. The summed E-state index contributed by atoms with van der Waals surface area (Å²) < 4.78 is 12.4. The van der Waals surface area contributed by atoms with Crippen molar-refractivity contribution in [1.82, 2.24) is 0 Å². The highest BCUT2D eigenvalue weighted by atomic mass is 35.5. The van der Waals surface area contributed by atoms with Crippen molar-refractivity contribution in [2.24, 2.45) is 0 Å². The zero-order valence-electron chi connectivity index (χ0n) is 5.85. The monoisotopic (exact) mass is 174 g/mol. The Bertz CT molecular complexity index is 250. The van der Waals surface area contributed by atoms with E-state index < -0.39 is 0 Å². The van der Waals surface area contributed by atoms with Gasteiger partial charge in [-0.2, -0.15) is 0 Å². The molecule has 11 heavy (non-hydrogen) atoms. The third-order valence-corrected chi connectivity index (χ3v) is 1.75. The van der Waals surface area contributed by atoms with Crippen LogP contribution in [0.5, 0.6) is 0 Å². The molecular weight excluding hydrogens is 167 g/mol. The minimum absolute atomic E-state index is 0.0331. The van der Waals surface area contributed by atoms with Gasteiger partial charge >= 0.3 is 0 Å². The van der Waals surface area contributed by atoms with E-state index in [4.69, 9.17) is 16.7 Å². The third kappa shape index (κ3) is 2.17. The Balaban J connectivity index is 2.90. The van der Waals surface area contributed by atoms with Crippen molar-refractivity contribution < 1.29 is 9.50 Å². The molecule has 1 rings (SSSR count). The summed E-state index contributed by atoms with van der Waals surface area (Å²) in [6.07, 6.45) is 0.471. The van der Waals surface area contributed by atoms with Gasteiger partial charge < -0.3 is 5.11 Å². The summed E-state index contributed by atoms with van der Waals surface area (Å²) >= 11 is 5.66. The van der Waals surface area contributed by atoms with Crippen LogP contribution in [0.3, 0.4) is 0 Å². The van der Waals surface area contributed by atoms with E-state index in [0.29, 0.717) is 11.4 Å². The highest BCUT2D eigenvalue weighted by Gasteiger charge is 1.99. The number of halogens is 2. The zero-order valence-corrected chi connectivity index (χ0v) is 6.61. The summed E-state index contributed by atoms with van der Waals surface area (Å²) in [6, 6.07) is 4.15. The SMILES string of the molecule is OCCc1ccc(F)cc1Cl. The second-order valence-corrected chi connectivity index (χ2v) is 2.62. The van der Waals surface area contributed by atoms with Gasteiger partial charge in [0, 0.05) is 11.6 Å². The van der Waals surface area contributed by atoms with Crippen LogP contribution in [0.2, 0.25) is 5.02 Å². The average Bonchev–Trinajstić information content (AvgIpc) is 1.95. The summed E-state index contributed by atoms with van der Waals surface area (Å²) in [6.45, 7) is 0.0331. The lowest BCUT2D eigenvalue weighted by Gasteiger charge is -2.00. The molecule has 0 fully saturated rings. The number of benzene rings is 1. The van der Waals surface area contributed by atoms with Crippen LogP contribution in [0.1, 0.15) is 5.56 Å². The second kappa shape index (κ2) is 3.69. The van der Waals surface area contributed by atoms with Crippen LogP contribution >= 0.6 is 11.6 Å². The average molecular weight is 175 g/mol. The first-order valence-corrected chi connectivity index (χ1v) is 3.66. The summed E-state index contributed by atoms with van der Waals surface area (Å²) in [5.41, 5.74) is 0.774. The van der Waals surface area contributed by atoms with Gasteiger partial charge in [0.05, 0.1) is 0 Å². The third-order valence-electron chi connectivity index (χ3n) is 1.40. The number of aliphatic hydroxyl groups is 1. The lowest BCUT2D eigenvalue weighted by Crippen LogP contribution is -1.91. The van der Waals surface area contributed by atoms with E-state index in [1.807, 2.05) is 0 Å². The maximum Gasteiger partial charge on any atom is 0.124 e. The second-order valence-electron chi connectivity index (χ2n) is 2.21. The lowest BCUT2D eigenvalue weighted by atomic mass is 10.1. The molecule has 0 spiro atoms. The van der Waals surface area contributed by atoms with Gasteiger partial charge in [0.1, 0.15) is 5.82 Å². The van der Waals surface area contributed by atoms with Crippen LogP contribution in [0, 0.1) is 5.82 Å². The zero-order chi connectivity index (χ0) is 8.27. The summed E-state index contributed by atoms with van der Waals surface area (Å²) in [5, 5.41) is 8.94. The van der Waals surface area contributed by atoms with E-state index in [0.717, 1.165) is 5.56 Å². The fourth-order valence-corrected chi connectivity index (χ4v) is 1.11. The maximum absolute atomic E-state index is 12.4. The molecular formula is C8H8ClFO. The molecule has 60 valence electrons. The molecule has 0 aliphatic rings. The van der Waals surface area contributed by atoms with Gasteiger partial charge in [0.2, 0.25) is 0 Å². The number of rotatable bonds is 2. The van der Waals surface area contributed by atoms with Gasteiger partial charge in [0.25, 0.3) is 0 Å². The van der Waals surface area contributed by atoms with E-state index in [2.05, 4.69) is 0 Å². The van der Waals surface area contributed by atoms with E-state index >= 15 is 0 Å². The molecule has 0 aromatic heterocycles. The molecule has 0 aliphatic carbocycles. The minimum Gasteiger partial charge on any atom is -0.396 e. The van der Waals surface area contributed by atoms with Crippen LogP contribution in [-0.4, -0.2) is 11.7 Å². The fraction of sp³-hybridized carbons (Fsp3) is 0.250. The van der Waals surface area contributed by atoms with Crippen LogP contribution in [0.15, 0.2) is 18.2 Å². The van der Waals surface area contributed by atoms with Gasteiger partial charge in [-0.05, 0) is 24.1 Å². The molecule has 0 radical (unpaired) electrons. The molecule has 1 aromatic rings. The van der Waals surface area contributed by atoms with Crippen molar-refractivity contribution in [1.29, 1.82) is 0 Å². The van der Waals surface area contributed by atoms with Gasteiger partial charge in [-0.25, -0.2) is 4.39 Å². The summed E-state index contributed by atoms with van der Waals surface area (Å²) in [4.78, 5) is 0. The Morgan fingerprint density at radius 2 is 2.18 bits per heavy atom. The number of aliphatic hydroxyl groups excluding tert-OH is 1. The first-order valence-electron chi connectivity index (χ1n) is 3.29. The van der Waals surface area contributed by atoms with Crippen LogP contribution in [0.4, 0.5) is 4.39 Å². The van der Waals surface area contributed by atoms with Crippen LogP contribution in [-0.2, 0) is 6.42 Å². The smallest absolute Gasteiger partial charge is 0.124 e. The predicted octanol–water partition coefficient (Wildman–Crippen LogP) is 2.01. The topological polar surface area (TPSA) is 20.2 Å². The maximum atomic E-state index is 12.4. The van der Waals surface area contributed by atoms with Crippen molar-refractivity contribution in [2.45, 2.75) is 6.42 Å². The number of hydrogen-bond acceptors (Lipinski definition) is 1. The van der Waals surface area contributed by atoms with E-state index in [1.165, 1.54) is 12.1 Å². The molecule has 0 heterocycles. The number of hydrogen-bond donors (Lipinski definition) is 1. The molecule has 0 unspecified atom stereocenters. The van der Waals surface area contributed by atoms with Crippen molar-refractivity contribution >= 4 is 11.6 Å². The molecule has 0 saturated heterocycles. The largest absolute Gasteiger partial charge is 0.396 e. The molecule has 1 aromatic carbocycles. The van der Waals surface area contributed by atoms with E-state index in [9.17, 15) is 4.39 Å². The molecule has 0 bridgehead atoms. The van der Waals surface area contributed by atoms with Crippen molar-refractivity contribution in [2.75, 3.05) is 6.61 Å². The molecule has 0 saturated carbocycles. The molecule has 1 N–H and O–H groups in total. The van der Waals surface area contributed by atoms with E-state index in [-0.39, 0.29) is 12.4 Å². The first-order chi connectivity index (χ1) is 5.24. The quantitative estimate of drug-likeness (QED) is 0.728. The van der Waals surface area contributed by atoms with Crippen molar-refractivity contribution in [3.63, 3.8) is 0 Å². The fourth-order valence-electron chi connectivity index (χ4n) is 0.845. The highest BCUT2D eigenvalue weighted by molar-refractivity contribution is 6.31. The standard InChI is InChI=1S/C8H8ClFO/c9-8-5-7(10)2-1-6(8)3-4-11/h1-2,5,11H,3-4H2. The van der Waals surface area contributed by atoms with Gasteiger partial charge in [-0.1, -0.05) is 17.7 Å². The van der Waals surface area contributed by atoms with Crippen LogP contribution < -0.4 is 0 Å². The van der Waals surface area contributed by atoms with Gasteiger partial charge in [0.15, 0.2) is 0 Å². The van der Waals surface area contributed by atoms with Crippen LogP contribution in [0.25, 0.3) is 0 Å². The Labute approximate surface area is 69.4 Å². The van der Waals surface area contributed by atoms with Gasteiger partial charge in [-0.3, -0.25) is 0 Å².